The number of carboxylic acid groups (broad SMARTS) is 2. The summed E-state index contributed by atoms with van der Waals surface area (Å²) in [4.78, 5) is 34.8. The number of benzene rings is 1. The molecule has 372 valence electrons. The number of hydrogen-bond acceptors (Lipinski definition) is 8. The quantitative estimate of drug-likeness (QED) is 0.0362. The number of nitrogens with two attached hydrogens (primary N) is 1. The van der Waals surface area contributed by atoms with Crippen molar-refractivity contribution >= 4 is 48.3 Å². The molecule has 2 aliphatic rings. The summed E-state index contributed by atoms with van der Waals surface area (Å²) < 4.78 is 38.9. The van der Waals surface area contributed by atoms with Crippen LogP contribution in [-0.4, -0.2) is 53.2 Å². The Morgan fingerprint density at radius 3 is 2.09 bits per heavy atom. The molecule has 19 heteroatoms. The molecule has 2 atom stereocenters. The average Bonchev–Trinajstić information content (AvgIpc) is 3.26. The van der Waals surface area contributed by atoms with E-state index in [-0.39, 0.29) is 77.1 Å². The topological polar surface area (TPSA) is 263 Å². The molecule has 0 amide bonds. The maximum absolute atomic E-state index is 13.0. The van der Waals surface area contributed by atoms with Crippen molar-refractivity contribution in [1.82, 2.24) is 0 Å². The second-order valence-corrected chi connectivity index (χ2v) is 17.4. The Morgan fingerprint density at radius 2 is 1.59 bits per heavy atom. The number of aliphatic carboxylic acids is 2. The monoisotopic (exact) mass is 1080 g/mol. The van der Waals surface area contributed by atoms with Crippen molar-refractivity contribution < 1.29 is 57.2 Å². The number of halogens is 3. The maximum atomic E-state index is 13.0. The standard InChI is InChI=1S/C29H35F3N4S.C18H20N3O5.C2H6.CHNS.Ru/c1-27(2,3)19-8-7-12-35-22-10-9-20(28(4,5)6)16-25(22)37-24(15-19)18-11-13-36-23(14-18)21(33)17-26(34)29(30,31)32;1-3-12(17(23)24)8-14(19)6-5-11(10-22)7-15(20)16(21)9-13(4-2)18(25)26;1-2;2-1-3;/h7-12,14-17,26,33,35H,13,34H2,1-6H3;3-5,7-10,14,19-21H,1,6H2,2H3,(H,23,24)(H,25,26);1-2H3;3H;/q-2;-3;;;+6/p-1/b12-7+,19-8+,21-17-,24-15+;11-5+,12-8+,13-4+,15-7-,16-9-;;;. The van der Waals surface area contributed by atoms with Crippen LogP contribution >= 0.6 is 11.8 Å². The van der Waals surface area contributed by atoms with E-state index in [2.05, 4.69) is 102 Å². The molecule has 69 heavy (non-hydrogen) atoms. The smallest absolute Gasteiger partial charge is 0.700 e. The van der Waals surface area contributed by atoms with Gasteiger partial charge in [-0.3, -0.25) is 4.79 Å². The Labute approximate surface area is 427 Å². The van der Waals surface area contributed by atoms with Gasteiger partial charge in [-0.15, -0.1) is 12.6 Å². The Kier molecular flexibility index (Phi) is 29.5. The molecule has 2 aliphatic heterocycles. The zero-order chi connectivity index (χ0) is 52.6. The number of carbonyl (C=O) groups is 3. The number of allylic oxidation sites excluding steroid dienone is 9. The number of rotatable bonds is 13. The van der Waals surface area contributed by atoms with Gasteiger partial charge in [-0.1, -0.05) is 146 Å². The van der Waals surface area contributed by atoms with Crippen molar-refractivity contribution in [3.05, 3.63) is 193 Å². The summed E-state index contributed by atoms with van der Waals surface area (Å²) in [5.74, 6) is -2.45. The van der Waals surface area contributed by atoms with Crippen LogP contribution in [0.25, 0.3) is 28.3 Å². The first kappa shape index (κ1) is 65.2. The molecule has 0 saturated heterocycles. The van der Waals surface area contributed by atoms with Gasteiger partial charge >= 0.3 is 37.6 Å². The van der Waals surface area contributed by atoms with E-state index in [1.165, 1.54) is 36.1 Å². The van der Waals surface area contributed by atoms with Crippen LogP contribution < -0.4 is 11.1 Å². The number of hydrogen-bond donors (Lipinski definition) is 4. The van der Waals surface area contributed by atoms with E-state index in [1.54, 1.807) is 17.8 Å². The number of nitrogens with one attached hydrogen (secondary N) is 5. The molecule has 0 bridgehead atoms. The molecule has 13 nitrogen and oxygen atoms in total. The summed E-state index contributed by atoms with van der Waals surface area (Å²) in [7, 11) is 0. The van der Waals surface area contributed by atoms with Crippen LogP contribution in [-0.2, 0) is 51.9 Å². The second kappa shape index (κ2) is 31.3. The zero-order valence-electron chi connectivity index (χ0n) is 40.0. The molecule has 1 aromatic rings. The molecule has 0 aromatic heterocycles. The molecule has 9 N–H and O–H groups in total. The van der Waals surface area contributed by atoms with Crippen LogP contribution in [0.5, 0.6) is 0 Å². The maximum Gasteiger partial charge on any atom is 6.00 e. The third-order valence-electron chi connectivity index (χ3n) is 9.03. The van der Waals surface area contributed by atoms with Crippen molar-refractivity contribution in [2.75, 3.05) is 11.9 Å². The fraction of sp³-hybridized carbons (Fsp3) is 0.320. The van der Waals surface area contributed by atoms with Crippen molar-refractivity contribution in [3.63, 3.8) is 0 Å². The Bertz CT molecular complexity index is 2360. The molecular weight excluding hydrogens is 1010 g/mol. The minimum Gasteiger partial charge on any atom is -0.700 e. The largest absolute Gasteiger partial charge is 6.00 e. The molecule has 0 fully saturated rings. The molecule has 1 aromatic carbocycles. The summed E-state index contributed by atoms with van der Waals surface area (Å²) >= 11 is 5.29. The van der Waals surface area contributed by atoms with Gasteiger partial charge in [0.15, 0.2) is 0 Å². The zero-order valence-corrected chi connectivity index (χ0v) is 43.4. The molecule has 3 rings (SSSR count). The number of aldehydes is 1. The third kappa shape index (κ3) is 23.8. The fourth-order valence-corrected chi connectivity index (χ4v) is 6.38. The van der Waals surface area contributed by atoms with E-state index in [9.17, 15) is 27.6 Å². The van der Waals surface area contributed by atoms with Crippen molar-refractivity contribution in [1.29, 1.82) is 5.26 Å². The van der Waals surface area contributed by atoms with Gasteiger partial charge in [0.25, 0.3) is 0 Å². The first-order chi connectivity index (χ1) is 31.6. The Hall–Kier alpha value is -5.90. The summed E-state index contributed by atoms with van der Waals surface area (Å²) in [5, 5.41) is 33.9. The van der Waals surface area contributed by atoms with Crippen LogP contribution in [0.3, 0.4) is 0 Å². The van der Waals surface area contributed by atoms with Gasteiger partial charge in [-0.25, -0.2) is 14.9 Å². The van der Waals surface area contributed by atoms with E-state index < -0.39 is 35.9 Å². The van der Waals surface area contributed by atoms with Gasteiger partial charge in [-0.05, 0) is 65.2 Å². The summed E-state index contributed by atoms with van der Waals surface area (Å²) in [6.45, 7) is 22.0. The van der Waals surface area contributed by atoms with Crippen LogP contribution in [0.15, 0.2) is 164 Å². The fourth-order valence-electron chi connectivity index (χ4n) is 5.28. The minimum absolute atomic E-state index is 0. The Balaban J connectivity index is 0. The number of thioether (sulfide) groups is 1. The molecule has 0 radical (unpaired) electrons. The molecule has 2 heterocycles. The SMILES string of the molecule is C=C/C(=C\C([NH-])C\C=C(C=O)/C=C([NH-])/C([NH-])=C/C(=C\C)C(=O)O)C(=O)O.CC.CC(C)(C)C1=C/C=C/Nc2ccc(C(C)(C)C)cc2S\C(C2=CC[N-]C(/C([NH-])=C/C(N)C(F)(F)F)=C2)=C\1.N#C[S-].[Ru+6]. The van der Waals surface area contributed by atoms with Crippen LogP contribution in [0, 0.1) is 16.1 Å². The van der Waals surface area contributed by atoms with E-state index in [0.29, 0.717) is 12.4 Å². The number of nitriles is 1. The Morgan fingerprint density at radius 1 is 1.01 bits per heavy atom. The van der Waals surface area contributed by atoms with Gasteiger partial charge < -0.3 is 62.1 Å². The summed E-state index contributed by atoms with van der Waals surface area (Å²) in [6, 6.07) is 3.19. The van der Waals surface area contributed by atoms with Gasteiger partial charge in [0.1, 0.15) is 12.3 Å². The predicted molar refractivity (Wildman–Crippen MR) is 274 cm³/mol. The minimum atomic E-state index is -4.61. The van der Waals surface area contributed by atoms with Crippen molar-refractivity contribution in [2.24, 2.45) is 11.1 Å². The number of thiocyanates is 1. The molecule has 0 saturated carbocycles. The first-order valence-electron chi connectivity index (χ1n) is 20.9. The van der Waals surface area contributed by atoms with Gasteiger partial charge in [-0.2, -0.15) is 36.0 Å². The van der Waals surface area contributed by atoms with Gasteiger partial charge in [0, 0.05) is 21.6 Å². The van der Waals surface area contributed by atoms with Crippen molar-refractivity contribution in [3.8, 4) is 5.40 Å². The number of carbonyl (C=O) groups excluding carboxylic acids is 1. The van der Waals surface area contributed by atoms with E-state index in [4.69, 9.17) is 44.1 Å². The second-order valence-electron chi connectivity index (χ2n) is 16.2. The van der Waals surface area contributed by atoms with Gasteiger partial charge in [0.05, 0.1) is 16.8 Å². The number of alkyl halides is 3. The molecule has 0 aliphatic carbocycles. The molecular formula is C50H61F3N8O5RuS2. The van der Waals surface area contributed by atoms with E-state index in [1.807, 2.05) is 32.2 Å². The number of fused-ring (bicyclic) bond motifs is 1. The molecule has 0 spiro atoms. The van der Waals surface area contributed by atoms with Crippen molar-refractivity contribution in [2.45, 2.75) is 97.3 Å². The third-order valence-corrected chi connectivity index (χ3v) is 10.2. The number of anilines is 1. The van der Waals surface area contributed by atoms with Gasteiger partial charge in [0.2, 0.25) is 0 Å². The summed E-state index contributed by atoms with van der Waals surface area (Å²) in [5.41, 5.74) is 39.3. The first-order valence-corrected chi connectivity index (χ1v) is 22.1. The van der Waals surface area contributed by atoms with E-state index in [0.717, 1.165) is 44.9 Å². The molecule has 2 unspecified atom stereocenters. The van der Waals surface area contributed by atoms with Crippen LogP contribution in [0.4, 0.5) is 18.9 Å². The number of nitrogens with zero attached hydrogens (tertiary/aromatic N) is 2. The van der Waals surface area contributed by atoms with Crippen LogP contribution in [0.1, 0.15) is 74.3 Å². The normalized spacial score (nSPS) is 17.8. The summed E-state index contributed by atoms with van der Waals surface area (Å²) in [6.07, 6.45) is 15.1. The number of carboxylic acids is 2. The van der Waals surface area contributed by atoms with Crippen LogP contribution in [0.2, 0.25) is 0 Å². The average molecular weight is 1080 g/mol. The van der Waals surface area contributed by atoms with E-state index >= 15 is 0 Å². The predicted octanol–water partition coefficient (Wildman–Crippen LogP) is 14.0.